The molecule has 3 N–H and O–H groups in total. The molecule has 1 rings (SSSR count). The fourth-order valence-electron chi connectivity index (χ4n) is 3.14. The van der Waals surface area contributed by atoms with Crippen molar-refractivity contribution < 1.29 is 4.74 Å². The number of rotatable bonds is 12. The van der Waals surface area contributed by atoms with Crippen molar-refractivity contribution >= 4 is 0 Å². The van der Waals surface area contributed by atoms with Crippen LogP contribution in [0.3, 0.4) is 0 Å². The van der Waals surface area contributed by atoms with E-state index in [2.05, 4.69) is 24.2 Å². The van der Waals surface area contributed by atoms with Gasteiger partial charge in [0.25, 0.3) is 0 Å². The Balaban J connectivity index is 2.08. The van der Waals surface area contributed by atoms with Crippen LogP contribution in [-0.2, 0) is 4.74 Å². The van der Waals surface area contributed by atoms with E-state index in [1.807, 2.05) is 0 Å². The molecule has 21 heavy (non-hydrogen) atoms. The zero-order valence-electron chi connectivity index (χ0n) is 14.3. The summed E-state index contributed by atoms with van der Waals surface area (Å²) in [4.78, 5) is 2.45. The summed E-state index contributed by atoms with van der Waals surface area (Å²) in [7, 11) is 0. The van der Waals surface area contributed by atoms with E-state index in [4.69, 9.17) is 10.6 Å². The van der Waals surface area contributed by atoms with Crippen molar-refractivity contribution in [2.45, 2.75) is 83.8 Å². The highest BCUT2D eigenvalue weighted by molar-refractivity contribution is 4.81. The fraction of sp³-hybridized carbons (Fsp3) is 1.00. The Hall–Kier alpha value is -0.160. The molecule has 0 spiro atoms. The minimum absolute atomic E-state index is 0.258. The monoisotopic (exact) mass is 299 g/mol. The van der Waals surface area contributed by atoms with E-state index in [-0.39, 0.29) is 6.10 Å². The smallest absolute Gasteiger partial charge is 0.0868 e. The number of unbranched alkanes of at least 4 members (excludes halogenated alkanes) is 7. The summed E-state index contributed by atoms with van der Waals surface area (Å²) in [5, 5.41) is 0. The van der Waals surface area contributed by atoms with E-state index in [1.165, 1.54) is 51.4 Å². The van der Waals surface area contributed by atoms with Gasteiger partial charge in [0.2, 0.25) is 0 Å². The van der Waals surface area contributed by atoms with Crippen LogP contribution in [0.15, 0.2) is 0 Å². The van der Waals surface area contributed by atoms with Crippen molar-refractivity contribution in [3.8, 4) is 0 Å². The first-order valence-corrected chi connectivity index (χ1v) is 9.11. The van der Waals surface area contributed by atoms with Crippen LogP contribution in [-0.4, -0.2) is 43.3 Å². The van der Waals surface area contributed by atoms with E-state index in [9.17, 15) is 0 Å². The maximum Gasteiger partial charge on any atom is 0.0868 e. The molecule has 1 aliphatic rings. The van der Waals surface area contributed by atoms with E-state index in [0.29, 0.717) is 6.04 Å². The van der Waals surface area contributed by atoms with Gasteiger partial charge < -0.3 is 4.74 Å². The molecule has 1 heterocycles. The topological polar surface area (TPSA) is 50.5 Å². The highest BCUT2D eigenvalue weighted by atomic mass is 16.5. The van der Waals surface area contributed by atoms with Gasteiger partial charge in [-0.3, -0.25) is 16.2 Å². The Bertz CT molecular complexity index is 238. The Kier molecular flexibility index (Phi) is 11.1. The van der Waals surface area contributed by atoms with Crippen LogP contribution >= 0.6 is 0 Å². The third-order valence-corrected chi connectivity index (χ3v) is 4.66. The summed E-state index contributed by atoms with van der Waals surface area (Å²) < 4.78 is 5.90. The highest BCUT2D eigenvalue weighted by Crippen LogP contribution is 2.15. The molecule has 1 aliphatic heterocycles. The molecule has 0 bridgehead atoms. The lowest BCUT2D eigenvalue weighted by Crippen LogP contribution is -2.53. The summed E-state index contributed by atoms with van der Waals surface area (Å²) in [5.74, 6) is 5.74. The summed E-state index contributed by atoms with van der Waals surface area (Å²) in [6, 6.07) is 0.305. The van der Waals surface area contributed by atoms with Crippen molar-refractivity contribution in [1.82, 2.24) is 10.3 Å². The number of hydrogen-bond acceptors (Lipinski definition) is 4. The predicted octanol–water partition coefficient (Wildman–Crippen LogP) is 3.07. The SMILES string of the molecule is CCCCCCCCCCC(NN)C1CN(CC)CCO1. The summed E-state index contributed by atoms with van der Waals surface area (Å²) in [5.41, 5.74) is 2.98. The van der Waals surface area contributed by atoms with Crippen LogP contribution in [0, 0.1) is 0 Å². The van der Waals surface area contributed by atoms with Gasteiger partial charge in [0.1, 0.15) is 0 Å². The van der Waals surface area contributed by atoms with Gasteiger partial charge in [0, 0.05) is 19.1 Å². The van der Waals surface area contributed by atoms with E-state index >= 15 is 0 Å². The molecule has 1 saturated heterocycles. The van der Waals surface area contributed by atoms with Crippen LogP contribution in [0.1, 0.15) is 71.6 Å². The quantitative estimate of drug-likeness (QED) is 0.330. The third-order valence-electron chi connectivity index (χ3n) is 4.66. The molecule has 126 valence electrons. The van der Waals surface area contributed by atoms with E-state index in [0.717, 1.165) is 32.7 Å². The van der Waals surface area contributed by atoms with Gasteiger partial charge in [0.05, 0.1) is 12.7 Å². The number of nitrogens with one attached hydrogen (secondary N) is 1. The number of nitrogens with zero attached hydrogens (tertiary/aromatic N) is 1. The van der Waals surface area contributed by atoms with Crippen LogP contribution < -0.4 is 11.3 Å². The Morgan fingerprint density at radius 3 is 2.38 bits per heavy atom. The normalized spacial score (nSPS) is 21.6. The maximum atomic E-state index is 5.90. The second kappa shape index (κ2) is 12.4. The van der Waals surface area contributed by atoms with Crippen LogP contribution in [0.4, 0.5) is 0 Å². The van der Waals surface area contributed by atoms with E-state index < -0.39 is 0 Å². The van der Waals surface area contributed by atoms with Crippen molar-refractivity contribution in [3.63, 3.8) is 0 Å². The van der Waals surface area contributed by atoms with Crippen molar-refractivity contribution in [2.75, 3.05) is 26.2 Å². The number of hydrazine groups is 1. The second-order valence-corrected chi connectivity index (χ2v) is 6.34. The molecular weight excluding hydrogens is 262 g/mol. The number of nitrogens with two attached hydrogens (primary N) is 1. The van der Waals surface area contributed by atoms with Gasteiger partial charge in [-0.25, -0.2) is 0 Å². The molecule has 0 aromatic heterocycles. The molecule has 2 unspecified atom stereocenters. The van der Waals surface area contributed by atoms with Gasteiger partial charge in [-0.05, 0) is 13.0 Å². The molecule has 1 fully saturated rings. The van der Waals surface area contributed by atoms with Crippen LogP contribution in [0.2, 0.25) is 0 Å². The first-order valence-electron chi connectivity index (χ1n) is 9.11. The molecule has 0 aromatic rings. The minimum Gasteiger partial charge on any atom is -0.374 e. The minimum atomic E-state index is 0.258. The molecule has 4 nitrogen and oxygen atoms in total. The second-order valence-electron chi connectivity index (χ2n) is 6.34. The number of likely N-dealkylation sites (N-methyl/N-ethyl adjacent to an activating group) is 1. The van der Waals surface area contributed by atoms with Crippen molar-refractivity contribution in [2.24, 2.45) is 5.84 Å². The van der Waals surface area contributed by atoms with Gasteiger partial charge in [-0.2, -0.15) is 0 Å². The lowest BCUT2D eigenvalue weighted by molar-refractivity contribution is -0.0465. The van der Waals surface area contributed by atoms with Crippen molar-refractivity contribution in [3.05, 3.63) is 0 Å². The molecule has 0 aromatic carbocycles. The van der Waals surface area contributed by atoms with Crippen molar-refractivity contribution in [1.29, 1.82) is 0 Å². The van der Waals surface area contributed by atoms with Crippen LogP contribution in [0.25, 0.3) is 0 Å². The Morgan fingerprint density at radius 2 is 1.76 bits per heavy atom. The molecule has 2 atom stereocenters. The van der Waals surface area contributed by atoms with Gasteiger partial charge in [-0.15, -0.1) is 0 Å². The van der Waals surface area contributed by atoms with E-state index in [1.54, 1.807) is 0 Å². The van der Waals surface area contributed by atoms with Gasteiger partial charge in [-0.1, -0.05) is 65.2 Å². The molecule has 0 amide bonds. The Labute approximate surface area is 131 Å². The average molecular weight is 300 g/mol. The van der Waals surface area contributed by atoms with Gasteiger partial charge in [0.15, 0.2) is 0 Å². The lowest BCUT2D eigenvalue weighted by atomic mass is 10.0. The molecule has 0 saturated carbocycles. The molecule has 4 heteroatoms. The zero-order valence-corrected chi connectivity index (χ0v) is 14.3. The predicted molar refractivity (Wildman–Crippen MR) is 90.2 cm³/mol. The molecule has 0 radical (unpaired) electrons. The first-order chi connectivity index (χ1) is 10.3. The maximum absolute atomic E-state index is 5.90. The van der Waals surface area contributed by atoms with Gasteiger partial charge >= 0.3 is 0 Å². The summed E-state index contributed by atoms with van der Waals surface area (Å²) in [6.07, 6.45) is 12.3. The average Bonchev–Trinajstić information content (AvgIpc) is 2.53. The Morgan fingerprint density at radius 1 is 1.10 bits per heavy atom. The zero-order chi connectivity index (χ0) is 15.3. The lowest BCUT2D eigenvalue weighted by Gasteiger charge is -2.36. The number of morpholine rings is 1. The third kappa shape index (κ3) is 8.15. The number of ether oxygens (including phenoxy) is 1. The summed E-state index contributed by atoms with van der Waals surface area (Å²) >= 11 is 0. The molecule has 0 aliphatic carbocycles. The largest absolute Gasteiger partial charge is 0.374 e. The summed E-state index contributed by atoms with van der Waals surface area (Å²) in [6.45, 7) is 8.51. The number of hydrogen-bond donors (Lipinski definition) is 2. The fourth-order valence-corrected chi connectivity index (χ4v) is 3.14. The highest BCUT2D eigenvalue weighted by Gasteiger charge is 2.26. The molecular formula is C17H37N3O. The van der Waals surface area contributed by atoms with Crippen LogP contribution in [0.5, 0.6) is 0 Å². The standard InChI is InChI=1S/C17H37N3O/c1-3-5-6-7-8-9-10-11-12-16(19-18)17-15-20(4-2)13-14-21-17/h16-17,19H,3-15,18H2,1-2H3. The first kappa shape index (κ1) is 18.9.